The van der Waals surface area contributed by atoms with Crippen LogP contribution in [0.3, 0.4) is 0 Å². The lowest BCUT2D eigenvalue weighted by Gasteiger charge is -2.07. The minimum atomic E-state index is -0.121. The van der Waals surface area contributed by atoms with Gasteiger partial charge in [-0.15, -0.1) is 0 Å². The van der Waals surface area contributed by atoms with Gasteiger partial charge in [-0.25, -0.2) is 4.98 Å². The molecule has 0 unspecified atom stereocenters. The molecule has 0 radical (unpaired) electrons. The van der Waals surface area contributed by atoms with Crippen LogP contribution in [0.4, 0.5) is 5.95 Å². The van der Waals surface area contributed by atoms with Crippen molar-refractivity contribution >= 4 is 17.7 Å². The van der Waals surface area contributed by atoms with Crippen molar-refractivity contribution in [2.45, 2.75) is 19.1 Å². The van der Waals surface area contributed by atoms with Crippen molar-refractivity contribution in [3.05, 3.63) is 81.5 Å². The van der Waals surface area contributed by atoms with Crippen molar-refractivity contribution in [2.75, 3.05) is 24.7 Å². The lowest BCUT2D eigenvalue weighted by molar-refractivity contribution is 0.414. The third-order valence-corrected chi connectivity index (χ3v) is 5.24. The van der Waals surface area contributed by atoms with Gasteiger partial charge < -0.3 is 10.1 Å². The molecule has 0 bridgehead atoms. The van der Waals surface area contributed by atoms with Crippen LogP contribution in [0.1, 0.15) is 22.4 Å². The number of nitrogens with one attached hydrogen (secondary N) is 2. The van der Waals surface area contributed by atoms with E-state index >= 15 is 0 Å². The molecule has 28 heavy (non-hydrogen) atoms. The summed E-state index contributed by atoms with van der Waals surface area (Å²) in [7, 11) is 1.67. The molecular formula is C21H24N4O2S. The fourth-order valence-corrected chi connectivity index (χ4v) is 3.43. The lowest BCUT2D eigenvalue weighted by atomic mass is 10.1. The highest BCUT2D eigenvalue weighted by Gasteiger charge is 2.04. The first-order valence-corrected chi connectivity index (χ1v) is 10.2. The number of hydrogen-bond acceptors (Lipinski definition) is 6. The number of rotatable bonds is 9. The van der Waals surface area contributed by atoms with E-state index in [1.54, 1.807) is 19.5 Å². The maximum absolute atomic E-state index is 12.3. The van der Waals surface area contributed by atoms with E-state index in [9.17, 15) is 4.79 Å². The molecule has 0 amide bonds. The second-order valence-electron chi connectivity index (χ2n) is 6.40. The monoisotopic (exact) mass is 396 g/mol. The molecule has 7 heteroatoms. The van der Waals surface area contributed by atoms with Crippen molar-refractivity contribution in [3.8, 4) is 5.75 Å². The molecule has 0 saturated heterocycles. The molecular weight excluding hydrogens is 372 g/mol. The molecule has 3 aromatic rings. The Hall–Kier alpha value is -2.80. The Kier molecular flexibility index (Phi) is 7.08. The highest BCUT2D eigenvalue weighted by atomic mass is 32.2. The lowest BCUT2D eigenvalue weighted by Crippen LogP contribution is -2.18. The minimum absolute atomic E-state index is 0.121. The van der Waals surface area contributed by atoms with Crippen LogP contribution in [0.25, 0.3) is 0 Å². The molecule has 0 aliphatic heterocycles. The molecule has 146 valence electrons. The van der Waals surface area contributed by atoms with Gasteiger partial charge in [-0.3, -0.25) is 14.8 Å². The first-order valence-electron chi connectivity index (χ1n) is 9.08. The van der Waals surface area contributed by atoms with E-state index in [0.717, 1.165) is 35.1 Å². The highest BCUT2D eigenvalue weighted by molar-refractivity contribution is 7.98. The van der Waals surface area contributed by atoms with Crippen LogP contribution in [0.2, 0.25) is 0 Å². The number of methoxy groups -OCH3 is 1. The van der Waals surface area contributed by atoms with E-state index in [1.807, 2.05) is 43.0 Å². The second kappa shape index (κ2) is 9.94. The third kappa shape index (κ3) is 5.85. The molecule has 0 aliphatic carbocycles. The number of anilines is 1. The number of H-pyrrole nitrogens is 1. The summed E-state index contributed by atoms with van der Waals surface area (Å²) in [4.78, 5) is 23.6. The number of aromatic nitrogens is 3. The Morgan fingerprint density at radius 2 is 1.86 bits per heavy atom. The summed E-state index contributed by atoms with van der Waals surface area (Å²) < 4.78 is 5.16. The number of hydrogen-bond donors (Lipinski definition) is 2. The average Bonchev–Trinajstić information content (AvgIpc) is 2.72. The van der Waals surface area contributed by atoms with Gasteiger partial charge >= 0.3 is 0 Å². The van der Waals surface area contributed by atoms with Crippen LogP contribution in [0.5, 0.6) is 5.75 Å². The fraction of sp³-hybridized carbons (Fsp3) is 0.286. The summed E-state index contributed by atoms with van der Waals surface area (Å²) in [5, 5.41) is 3.17. The number of aryl methyl sites for hydroxylation is 1. The van der Waals surface area contributed by atoms with Crippen molar-refractivity contribution in [1.82, 2.24) is 15.0 Å². The first kappa shape index (κ1) is 19.9. The Morgan fingerprint density at radius 3 is 2.54 bits per heavy atom. The number of ether oxygens (including phenoxy) is 1. The number of pyridine rings is 1. The standard InChI is InChI=1S/C21H24N4O2S/c1-15-3-4-17(12-23-15)11-18-13-24-21(25-20(18)26)22-9-10-28-14-16-5-7-19(27-2)8-6-16/h3-8,12-13H,9-11,14H2,1-2H3,(H2,22,24,25,26). The zero-order valence-corrected chi connectivity index (χ0v) is 16.9. The third-order valence-electron chi connectivity index (χ3n) is 4.21. The van der Waals surface area contributed by atoms with Crippen LogP contribution in [0.15, 0.2) is 53.6 Å². The Morgan fingerprint density at radius 1 is 1.07 bits per heavy atom. The molecule has 3 rings (SSSR count). The Bertz CT molecular complexity index is 940. The van der Waals surface area contributed by atoms with Crippen molar-refractivity contribution in [2.24, 2.45) is 0 Å². The molecule has 2 heterocycles. The zero-order valence-electron chi connectivity index (χ0n) is 16.1. The molecule has 0 atom stereocenters. The number of thioether (sulfide) groups is 1. The summed E-state index contributed by atoms with van der Waals surface area (Å²) in [6, 6.07) is 12.0. The second-order valence-corrected chi connectivity index (χ2v) is 7.50. The summed E-state index contributed by atoms with van der Waals surface area (Å²) in [6.45, 7) is 2.67. The number of aromatic amines is 1. The zero-order chi connectivity index (χ0) is 19.8. The molecule has 6 nitrogen and oxygen atoms in total. The molecule has 1 aromatic carbocycles. The van der Waals surface area contributed by atoms with E-state index in [1.165, 1.54) is 5.56 Å². The Labute approximate surface area is 168 Å². The van der Waals surface area contributed by atoms with E-state index < -0.39 is 0 Å². The van der Waals surface area contributed by atoms with Gasteiger partial charge in [0.15, 0.2) is 0 Å². The summed E-state index contributed by atoms with van der Waals surface area (Å²) in [5.41, 5.74) is 3.72. The smallest absolute Gasteiger partial charge is 0.255 e. The maximum Gasteiger partial charge on any atom is 0.255 e. The molecule has 0 saturated carbocycles. The normalized spacial score (nSPS) is 10.6. The largest absolute Gasteiger partial charge is 0.497 e. The number of nitrogens with zero attached hydrogens (tertiary/aromatic N) is 2. The topological polar surface area (TPSA) is 79.9 Å². The van der Waals surface area contributed by atoms with E-state index in [-0.39, 0.29) is 5.56 Å². The van der Waals surface area contributed by atoms with Gasteiger partial charge in [-0.1, -0.05) is 18.2 Å². The predicted molar refractivity (Wildman–Crippen MR) is 114 cm³/mol. The minimum Gasteiger partial charge on any atom is -0.497 e. The quantitative estimate of drug-likeness (QED) is 0.540. The van der Waals surface area contributed by atoms with Gasteiger partial charge in [0.2, 0.25) is 5.95 Å². The van der Waals surface area contributed by atoms with Crippen LogP contribution < -0.4 is 15.6 Å². The van der Waals surface area contributed by atoms with E-state index in [2.05, 4.69) is 32.4 Å². The molecule has 2 aromatic heterocycles. The first-order chi connectivity index (χ1) is 13.6. The van der Waals surface area contributed by atoms with Gasteiger partial charge in [0.05, 0.1) is 7.11 Å². The maximum atomic E-state index is 12.3. The van der Waals surface area contributed by atoms with E-state index in [0.29, 0.717) is 17.9 Å². The van der Waals surface area contributed by atoms with Gasteiger partial charge in [-0.05, 0) is 36.2 Å². The predicted octanol–water partition coefficient (Wildman–Crippen LogP) is 3.42. The van der Waals surface area contributed by atoms with Crippen molar-refractivity contribution < 1.29 is 4.74 Å². The highest BCUT2D eigenvalue weighted by Crippen LogP contribution is 2.16. The number of benzene rings is 1. The van der Waals surface area contributed by atoms with Gasteiger partial charge in [0.1, 0.15) is 5.75 Å². The van der Waals surface area contributed by atoms with Crippen LogP contribution in [0, 0.1) is 6.92 Å². The molecule has 0 fully saturated rings. The summed E-state index contributed by atoms with van der Waals surface area (Å²) in [6.07, 6.45) is 3.94. The van der Waals surface area contributed by atoms with Crippen molar-refractivity contribution in [1.29, 1.82) is 0 Å². The fourth-order valence-electron chi connectivity index (χ4n) is 2.61. The average molecular weight is 397 g/mol. The Balaban J connectivity index is 1.44. The molecule has 0 aliphatic rings. The van der Waals surface area contributed by atoms with Gasteiger partial charge in [0.25, 0.3) is 5.56 Å². The molecule has 0 spiro atoms. The van der Waals surface area contributed by atoms with E-state index in [4.69, 9.17) is 4.74 Å². The summed E-state index contributed by atoms with van der Waals surface area (Å²) >= 11 is 1.82. The van der Waals surface area contributed by atoms with Crippen LogP contribution in [-0.2, 0) is 12.2 Å². The van der Waals surface area contributed by atoms with Crippen LogP contribution in [-0.4, -0.2) is 34.4 Å². The van der Waals surface area contributed by atoms with Crippen molar-refractivity contribution in [3.63, 3.8) is 0 Å². The van der Waals surface area contributed by atoms with Gasteiger partial charge in [0, 0.05) is 48.1 Å². The summed E-state index contributed by atoms with van der Waals surface area (Å²) in [5.74, 6) is 3.21. The molecule has 2 N–H and O–H groups in total. The van der Waals surface area contributed by atoms with Crippen LogP contribution >= 0.6 is 11.8 Å². The SMILES string of the molecule is COc1ccc(CSCCNc2ncc(Cc3ccc(C)nc3)c(=O)[nH]2)cc1. The van der Waals surface area contributed by atoms with Gasteiger partial charge in [-0.2, -0.15) is 11.8 Å².